The van der Waals surface area contributed by atoms with Crippen LogP contribution in [0.2, 0.25) is 0 Å². The van der Waals surface area contributed by atoms with E-state index in [1.807, 2.05) is 6.07 Å². The third kappa shape index (κ3) is 2.13. The van der Waals surface area contributed by atoms with Gasteiger partial charge in [0, 0.05) is 17.0 Å². The van der Waals surface area contributed by atoms with Gasteiger partial charge in [0.1, 0.15) is 0 Å². The van der Waals surface area contributed by atoms with E-state index in [1.54, 1.807) is 13.8 Å². The van der Waals surface area contributed by atoms with Crippen LogP contribution in [0.3, 0.4) is 0 Å². The van der Waals surface area contributed by atoms with Gasteiger partial charge < -0.3 is 5.32 Å². The van der Waals surface area contributed by atoms with Crippen molar-refractivity contribution in [3.63, 3.8) is 0 Å². The van der Waals surface area contributed by atoms with Gasteiger partial charge in [0.15, 0.2) is 11.6 Å². The number of nitrogens with one attached hydrogen (secondary N) is 1. The number of fused-ring (bicyclic) bond motifs is 1. The fourth-order valence-corrected chi connectivity index (χ4v) is 5.03. The van der Waals surface area contributed by atoms with Crippen LogP contribution in [0.4, 0.5) is 0 Å². The molecule has 0 aromatic heterocycles. The standard InChI is InChI=1S/C20H23NO2/c1-12(22)14-3-4-15-10-19-17-6-5-16(13(2)23)11-20(17,7-8-21-19)18(15)9-14/h3-4,9,11,17,19,21H,5-8,10H2,1-2H3/t17-,19+,20-/m0/s1. The Morgan fingerprint density at radius 2 is 2.04 bits per heavy atom. The van der Waals surface area contributed by atoms with Crippen molar-refractivity contribution in [1.82, 2.24) is 5.32 Å². The van der Waals surface area contributed by atoms with E-state index in [1.165, 1.54) is 11.1 Å². The number of allylic oxidation sites excluding steroid dienone is 2. The Morgan fingerprint density at radius 1 is 1.22 bits per heavy atom. The summed E-state index contributed by atoms with van der Waals surface area (Å²) in [6.45, 7) is 4.28. The van der Waals surface area contributed by atoms with E-state index in [0.717, 1.165) is 43.4 Å². The zero-order valence-electron chi connectivity index (χ0n) is 13.8. The number of hydrogen-bond donors (Lipinski definition) is 1. The molecule has 3 aliphatic rings. The van der Waals surface area contributed by atoms with Crippen molar-refractivity contribution >= 4 is 11.6 Å². The summed E-state index contributed by atoms with van der Waals surface area (Å²) in [5.74, 6) is 0.847. The average Bonchev–Trinajstić information content (AvgIpc) is 2.53. The van der Waals surface area contributed by atoms with E-state index in [9.17, 15) is 9.59 Å². The first kappa shape index (κ1) is 14.8. The Morgan fingerprint density at radius 3 is 2.78 bits per heavy atom. The van der Waals surface area contributed by atoms with Crippen LogP contribution in [-0.4, -0.2) is 24.2 Å². The molecular weight excluding hydrogens is 286 g/mol. The highest BCUT2D eigenvalue weighted by atomic mass is 16.1. The molecule has 4 rings (SSSR count). The van der Waals surface area contributed by atoms with Gasteiger partial charge in [-0.2, -0.15) is 0 Å². The number of ketones is 2. The largest absolute Gasteiger partial charge is 0.313 e. The Hall–Kier alpha value is -1.74. The first-order chi connectivity index (χ1) is 11.0. The maximum absolute atomic E-state index is 12.0. The molecule has 1 aromatic rings. The van der Waals surface area contributed by atoms with Gasteiger partial charge in [-0.1, -0.05) is 18.2 Å². The van der Waals surface area contributed by atoms with Gasteiger partial charge in [0.05, 0.1) is 0 Å². The summed E-state index contributed by atoms with van der Waals surface area (Å²) in [5.41, 5.74) is 4.34. The lowest BCUT2D eigenvalue weighted by molar-refractivity contribution is -0.114. The average molecular weight is 309 g/mol. The molecule has 1 heterocycles. The topological polar surface area (TPSA) is 46.2 Å². The van der Waals surface area contributed by atoms with Crippen LogP contribution in [-0.2, 0) is 16.6 Å². The molecule has 23 heavy (non-hydrogen) atoms. The van der Waals surface area contributed by atoms with E-state index in [0.29, 0.717) is 12.0 Å². The molecule has 1 saturated heterocycles. The smallest absolute Gasteiger partial charge is 0.159 e. The number of hydrogen-bond acceptors (Lipinski definition) is 3. The molecule has 3 nitrogen and oxygen atoms in total. The summed E-state index contributed by atoms with van der Waals surface area (Å²) in [4.78, 5) is 23.8. The van der Waals surface area contributed by atoms with E-state index in [-0.39, 0.29) is 17.0 Å². The Balaban J connectivity index is 1.94. The molecular formula is C20H23NO2. The van der Waals surface area contributed by atoms with Gasteiger partial charge in [0.25, 0.3) is 0 Å². The molecule has 1 fully saturated rings. The minimum Gasteiger partial charge on any atom is -0.313 e. The second-order valence-electron chi connectivity index (χ2n) is 7.35. The van der Waals surface area contributed by atoms with Crippen LogP contribution < -0.4 is 5.32 Å². The maximum atomic E-state index is 12.0. The Bertz CT molecular complexity index is 733. The molecule has 2 aliphatic carbocycles. The summed E-state index contributed by atoms with van der Waals surface area (Å²) in [6, 6.07) is 6.67. The van der Waals surface area contributed by atoms with Crippen LogP contribution in [0, 0.1) is 5.92 Å². The lowest BCUT2D eigenvalue weighted by Gasteiger charge is -2.54. The van der Waals surface area contributed by atoms with Gasteiger partial charge in [0.2, 0.25) is 0 Å². The van der Waals surface area contributed by atoms with Gasteiger partial charge in [-0.15, -0.1) is 0 Å². The lowest BCUT2D eigenvalue weighted by atomic mass is 9.54. The summed E-state index contributed by atoms with van der Waals surface area (Å²) < 4.78 is 0. The number of benzene rings is 1. The van der Waals surface area contributed by atoms with Crippen molar-refractivity contribution < 1.29 is 9.59 Å². The monoisotopic (exact) mass is 309 g/mol. The molecule has 3 heteroatoms. The Labute approximate surface area is 137 Å². The quantitative estimate of drug-likeness (QED) is 0.854. The zero-order valence-corrected chi connectivity index (χ0v) is 13.8. The molecule has 120 valence electrons. The first-order valence-electron chi connectivity index (χ1n) is 8.62. The summed E-state index contributed by atoms with van der Waals surface area (Å²) in [6.07, 6.45) is 6.26. The van der Waals surface area contributed by atoms with Gasteiger partial charge in [-0.25, -0.2) is 0 Å². The molecule has 1 aromatic carbocycles. The molecule has 0 amide bonds. The van der Waals surface area contributed by atoms with Crippen molar-refractivity contribution in [3.05, 3.63) is 46.5 Å². The highest BCUT2D eigenvalue weighted by Gasteiger charge is 2.51. The van der Waals surface area contributed by atoms with Gasteiger partial charge >= 0.3 is 0 Å². The molecule has 0 radical (unpaired) electrons. The van der Waals surface area contributed by atoms with E-state index in [4.69, 9.17) is 0 Å². The van der Waals surface area contributed by atoms with Crippen molar-refractivity contribution in [2.75, 3.05) is 6.54 Å². The van der Waals surface area contributed by atoms with Crippen LogP contribution in [0.5, 0.6) is 0 Å². The van der Waals surface area contributed by atoms with E-state index in [2.05, 4.69) is 23.5 Å². The van der Waals surface area contributed by atoms with Crippen LogP contribution in [0.1, 0.15) is 54.6 Å². The number of piperidine rings is 1. The highest BCUT2D eigenvalue weighted by Crippen LogP contribution is 2.52. The van der Waals surface area contributed by atoms with Crippen LogP contribution >= 0.6 is 0 Å². The lowest BCUT2D eigenvalue weighted by Crippen LogP contribution is -2.58. The van der Waals surface area contributed by atoms with Crippen LogP contribution in [0.25, 0.3) is 0 Å². The minimum atomic E-state index is -0.0613. The molecule has 1 aliphatic heterocycles. The third-order valence-electron chi connectivity index (χ3n) is 6.16. The second kappa shape index (κ2) is 5.13. The summed E-state index contributed by atoms with van der Waals surface area (Å²) >= 11 is 0. The van der Waals surface area contributed by atoms with Crippen molar-refractivity contribution in [1.29, 1.82) is 0 Å². The fraction of sp³-hybridized carbons (Fsp3) is 0.500. The van der Waals surface area contributed by atoms with Crippen molar-refractivity contribution in [3.8, 4) is 0 Å². The highest BCUT2D eigenvalue weighted by molar-refractivity contribution is 5.95. The van der Waals surface area contributed by atoms with Crippen molar-refractivity contribution in [2.24, 2.45) is 5.92 Å². The number of Topliss-reactive ketones (excluding diaryl/α,β-unsaturated/α-hetero) is 2. The number of carbonyl (C=O) groups is 2. The van der Waals surface area contributed by atoms with Gasteiger partial charge in [-0.3, -0.25) is 9.59 Å². The number of carbonyl (C=O) groups excluding carboxylic acids is 2. The molecule has 0 spiro atoms. The first-order valence-corrected chi connectivity index (χ1v) is 8.62. The minimum absolute atomic E-state index is 0.0613. The Kier molecular flexibility index (Phi) is 3.31. The van der Waals surface area contributed by atoms with Crippen molar-refractivity contribution in [2.45, 2.75) is 51.0 Å². The molecule has 0 saturated carbocycles. The van der Waals surface area contributed by atoms with E-state index < -0.39 is 0 Å². The normalized spacial score (nSPS) is 31.7. The van der Waals surface area contributed by atoms with Gasteiger partial charge in [-0.05, 0) is 74.8 Å². The fourth-order valence-electron chi connectivity index (χ4n) is 5.03. The molecule has 0 unspecified atom stereocenters. The predicted octanol–water partition coefficient (Wildman–Crippen LogP) is 2.97. The SMILES string of the molecule is CC(=O)C1=C[C@]23CCN[C@H](Cc4ccc(C(C)=O)cc42)[C@@H]3CC1. The molecule has 2 bridgehead atoms. The number of rotatable bonds is 2. The zero-order chi connectivity index (χ0) is 16.2. The maximum Gasteiger partial charge on any atom is 0.159 e. The van der Waals surface area contributed by atoms with Crippen LogP contribution in [0.15, 0.2) is 29.8 Å². The summed E-state index contributed by atoms with van der Waals surface area (Å²) in [5, 5.41) is 3.69. The van der Waals surface area contributed by atoms with E-state index >= 15 is 0 Å². The molecule has 1 N–H and O–H groups in total. The predicted molar refractivity (Wildman–Crippen MR) is 89.7 cm³/mol. The second-order valence-corrected chi connectivity index (χ2v) is 7.35. The summed E-state index contributed by atoms with van der Waals surface area (Å²) in [7, 11) is 0. The third-order valence-corrected chi connectivity index (χ3v) is 6.16. The molecule has 3 atom stereocenters.